The topological polar surface area (TPSA) is 50.9 Å². The molecule has 19 heavy (non-hydrogen) atoms. The van der Waals surface area contributed by atoms with Gasteiger partial charge in [-0.25, -0.2) is 4.98 Å². The van der Waals surface area contributed by atoms with Crippen molar-refractivity contribution in [1.29, 1.82) is 0 Å². The molecule has 0 aliphatic heterocycles. The van der Waals surface area contributed by atoms with Crippen molar-refractivity contribution in [3.8, 4) is 0 Å². The van der Waals surface area contributed by atoms with E-state index in [2.05, 4.69) is 10.3 Å². The first-order valence-corrected chi connectivity index (χ1v) is 5.61. The Labute approximate surface area is 112 Å². The Hall–Kier alpha value is -1.95. The third-order valence-electron chi connectivity index (χ3n) is 2.38. The lowest BCUT2D eigenvalue weighted by molar-refractivity contribution is -0.136. The fourth-order valence-electron chi connectivity index (χ4n) is 1.51. The maximum atomic E-state index is 12.8. The molecule has 0 spiro atoms. The molecular weight excluding hydrogens is 279 g/mol. The van der Waals surface area contributed by atoms with Crippen LogP contribution in [-0.4, -0.2) is 4.98 Å². The van der Waals surface area contributed by atoms with E-state index in [0.29, 0.717) is 0 Å². The number of nitrogens with two attached hydrogens (primary N) is 1. The van der Waals surface area contributed by atoms with E-state index in [-0.39, 0.29) is 22.3 Å². The fraction of sp³-hybridized carbons (Fsp3) is 0.0833. The van der Waals surface area contributed by atoms with Gasteiger partial charge >= 0.3 is 6.18 Å². The maximum absolute atomic E-state index is 12.8. The normalized spacial score (nSPS) is 11.4. The van der Waals surface area contributed by atoms with Gasteiger partial charge in [0, 0.05) is 0 Å². The Bertz CT molecular complexity index is 599. The minimum absolute atomic E-state index is 0.0872. The van der Waals surface area contributed by atoms with E-state index in [4.69, 9.17) is 17.3 Å². The number of rotatable bonds is 2. The molecule has 0 saturated heterocycles. The van der Waals surface area contributed by atoms with Gasteiger partial charge in [-0.2, -0.15) is 13.2 Å². The zero-order chi connectivity index (χ0) is 14.0. The average Bonchev–Trinajstić information content (AvgIpc) is 2.33. The third kappa shape index (κ3) is 3.08. The number of aromatic nitrogens is 1. The minimum atomic E-state index is -4.46. The standard InChI is InChI=1S/C12H9ClF3N3/c13-10-6-5-8(17)11(19-10)18-9-4-2-1-3-7(9)12(14,15)16/h1-6H,17H2,(H,18,19). The molecule has 2 rings (SSSR count). The lowest BCUT2D eigenvalue weighted by Crippen LogP contribution is -2.09. The summed E-state index contributed by atoms with van der Waals surface area (Å²) in [5.74, 6) is 0.0872. The van der Waals surface area contributed by atoms with Crippen molar-refractivity contribution in [3.05, 3.63) is 47.1 Å². The Morgan fingerprint density at radius 2 is 1.79 bits per heavy atom. The quantitative estimate of drug-likeness (QED) is 0.818. The second kappa shape index (κ2) is 4.97. The molecule has 0 atom stereocenters. The van der Waals surface area contributed by atoms with Crippen LogP contribution in [-0.2, 0) is 6.18 Å². The highest BCUT2D eigenvalue weighted by molar-refractivity contribution is 6.29. The molecule has 2 aromatic rings. The number of benzene rings is 1. The molecular formula is C12H9ClF3N3. The van der Waals surface area contributed by atoms with Crippen LogP contribution in [0, 0.1) is 0 Å². The summed E-state index contributed by atoms with van der Waals surface area (Å²) in [5.41, 5.74) is 4.92. The van der Waals surface area contributed by atoms with Gasteiger partial charge in [-0.1, -0.05) is 23.7 Å². The zero-order valence-electron chi connectivity index (χ0n) is 9.50. The van der Waals surface area contributed by atoms with Crippen LogP contribution in [0.1, 0.15) is 5.56 Å². The summed E-state index contributed by atoms with van der Waals surface area (Å²) in [7, 11) is 0. The van der Waals surface area contributed by atoms with Gasteiger partial charge in [0.15, 0.2) is 5.82 Å². The van der Waals surface area contributed by atoms with Gasteiger partial charge < -0.3 is 11.1 Å². The van der Waals surface area contributed by atoms with E-state index in [1.54, 1.807) is 0 Å². The van der Waals surface area contributed by atoms with Crippen LogP contribution < -0.4 is 11.1 Å². The average molecular weight is 288 g/mol. The van der Waals surface area contributed by atoms with E-state index < -0.39 is 11.7 Å². The van der Waals surface area contributed by atoms with E-state index in [9.17, 15) is 13.2 Å². The predicted molar refractivity (Wildman–Crippen MR) is 68.4 cm³/mol. The lowest BCUT2D eigenvalue weighted by Gasteiger charge is -2.14. The van der Waals surface area contributed by atoms with Gasteiger partial charge in [-0.05, 0) is 24.3 Å². The highest BCUT2D eigenvalue weighted by atomic mass is 35.5. The molecule has 0 fully saturated rings. The molecule has 1 aromatic heterocycles. The number of halogens is 4. The van der Waals surface area contributed by atoms with Crippen LogP contribution in [0.25, 0.3) is 0 Å². The van der Waals surface area contributed by atoms with E-state index in [0.717, 1.165) is 6.07 Å². The van der Waals surface area contributed by atoms with Gasteiger partial charge in [0.2, 0.25) is 0 Å². The number of nitrogens with one attached hydrogen (secondary N) is 1. The van der Waals surface area contributed by atoms with Gasteiger partial charge in [0.1, 0.15) is 5.15 Å². The number of anilines is 3. The minimum Gasteiger partial charge on any atom is -0.396 e. The van der Waals surface area contributed by atoms with Crippen LogP contribution in [0.3, 0.4) is 0 Å². The number of nitrogen functional groups attached to an aromatic ring is 1. The molecule has 0 aliphatic rings. The molecule has 0 amide bonds. The second-order valence-electron chi connectivity index (χ2n) is 3.74. The van der Waals surface area contributed by atoms with E-state index in [1.165, 1.54) is 30.3 Å². The first kappa shape index (κ1) is 13.5. The molecule has 1 heterocycles. The van der Waals surface area contributed by atoms with Crippen LogP contribution in [0.5, 0.6) is 0 Å². The summed E-state index contributed by atoms with van der Waals surface area (Å²) >= 11 is 5.68. The van der Waals surface area contributed by atoms with Crippen molar-refractivity contribution >= 4 is 28.8 Å². The fourth-order valence-corrected chi connectivity index (χ4v) is 1.66. The van der Waals surface area contributed by atoms with Crippen molar-refractivity contribution in [3.63, 3.8) is 0 Å². The Morgan fingerprint density at radius 3 is 2.47 bits per heavy atom. The highest BCUT2D eigenvalue weighted by Crippen LogP contribution is 2.36. The molecule has 1 aromatic carbocycles. The van der Waals surface area contributed by atoms with Crippen molar-refractivity contribution in [2.45, 2.75) is 6.18 Å². The molecule has 0 bridgehead atoms. The van der Waals surface area contributed by atoms with E-state index in [1.807, 2.05) is 0 Å². The lowest BCUT2D eigenvalue weighted by atomic mass is 10.1. The summed E-state index contributed by atoms with van der Waals surface area (Å²) in [6.07, 6.45) is -4.46. The number of hydrogen-bond acceptors (Lipinski definition) is 3. The summed E-state index contributed by atoms with van der Waals surface area (Å²) in [5, 5.41) is 2.69. The summed E-state index contributed by atoms with van der Waals surface area (Å²) in [6, 6.07) is 7.99. The van der Waals surface area contributed by atoms with Crippen molar-refractivity contribution < 1.29 is 13.2 Å². The first-order chi connectivity index (χ1) is 8.88. The Kier molecular flexibility index (Phi) is 3.53. The van der Waals surface area contributed by atoms with Gasteiger partial charge in [-0.15, -0.1) is 0 Å². The van der Waals surface area contributed by atoms with Crippen LogP contribution in [0.4, 0.5) is 30.4 Å². The molecule has 0 aliphatic carbocycles. The first-order valence-electron chi connectivity index (χ1n) is 5.23. The Balaban J connectivity index is 2.41. The van der Waals surface area contributed by atoms with Crippen LogP contribution in [0.2, 0.25) is 5.15 Å². The predicted octanol–water partition coefficient (Wildman–Crippen LogP) is 4.08. The molecule has 3 nitrogen and oxygen atoms in total. The van der Waals surface area contributed by atoms with Crippen molar-refractivity contribution in [2.24, 2.45) is 0 Å². The van der Waals surface area contributed by atoms with Crippen molar-refractivity contribution in [2.75, 3.05) is 11.1 Å². The van der Waals surface area contributed by atoms with Gasteiger partial charge in [-0.3, -0.25) is 0 Å². The molecule has 7 heteroatoms. The molecule has 3 N–H and O–H groups in total. The number of alkyl halides is 3. The maximum Gasteiger partial charge on any atom is 0.418 e. The van der Waals surface area contributed by atoms with Gasteiger partial charge in [0.25, 0.3) is 0 Å². The second-order valence-corrected chi connectivity index (χ2v) is 4.13. The zero-order valence-corrected chi connectivity index (χ0v) is 10.3. The number of para-hydroxylation sites is 1. The monoisotopic (exact) mass is 287 g/mol. The van der Waals surface area contributed by atoms with E-state index >= 15 is 0 Å². The number of pyridine rings is 1. The SMILES string of the molecule is Nc1ccc(Cl)nc1Nc1ccccc1C(F)(F)F. The number of nitrogens with zero attached hydrogens (tertiary/aromatic N) is 1. The largest absolute Gasteiger partial charge is 0.418 e. The summed E-state index contributed by atoms with van der Waals surface area (Å²) in [6.45, 7) is 0. The van der Waals surface area contributed by atoms with Crippen LogP contribution >= 0.6 is 11.6 Å². The molecule has 0 unspecified atom stereocenters. The highest BCUT2D eigenvalue weighted by Gasteiger charge is 2.33. The van der Waals surface area contributed by atoms with Crippen LogP contribution in [0.15, 0.2) is 36.4 Å². The third-order valence-corrected chi connectivity index (χ3v) is 2.59. The van der Waals surface area contributed by atoms with Gasteiger partial charge in [0.05, 0.1) is 16.9 Å². The Morgan fingerprint density at radius 1 is 1.11 bits per heavy atom. The smallest absolute Gasteiger partial charge is 0.396 e. The summed E-state index contributed by atoms with van der Waals surface area (Å²) in [4.78, 5) is 3.85. The molecule has 100 valence electrons. The molecule has 0 saturated carbocycles. The number of hydrogen-bond donors (Lipinski definition) is 2. The van der Waals surface area contributed by atoms with Crippen molar-refractivity contribution in [1.82, 2.24) is 4.98 Å². The summed E-state index contributed by atoms with van der Waals surface area (Å²) < 4.78 is 38.4. The molecule has 0 radical (unpaired) electrons.